The van der Waals surface area contributed by atoms with Gasteiger partial charge in [-0.05, 0) is 18.9 Å². The van der Waals surface area contributed by atoms with Crippen LogP contribution in [-0.2, 0) is 13.5 Å². The van der Waals surface area contributed by atoms with Crippen LogP contribution in [0, 0.1) is 0 Å². The molecule has 0 aliphatic rings. The third kappa shape index (κ3) is 5.19. The predicted molar refractivity (Wildman–Crippen MR) is 71.1 cm³/mol. The lowest BCUT2D eigenvalue weighted by atomic mass is 10.3. The molecule has 0 fully saturated rings. The van der Waals surface area contributed by atoms with Gasteiger partial charge in [-0.1, -0.05) is 6.08 Å². The maximum Gasteiger partial charge on any atom is 0.191 e. The average molecular weight is 235 g/mol. The van der Waals surface area contributed by atoms with Crippen LogP contribution < -0.4 is 10.6 Å². The third-order valence-corrected chi connectivity index (χ3v) is 2.19. The molecule has 1 heterocycles. The summed E-state index contributed by atoms with van der Waals surface area (Å²) in [6, 6.07) is 0. The first kappa shape index (κ1) is 13.3. The van der Waals surface area contributed by atoms with Gasteiger partial charge in [0.2, 0.25) is 0 Å². The number of aromatic nitrogens is 2. The van der Waals surface area contributed by atoms with E-state index in [1.807, 2.05) is 32.4 Å². The van der Waals surface area contributed by atoms with Crippen LogP contribution in [0.25, 0.3) is 0 Å². The fraction of sp³-hybridized carbons (Fsp3) is 0.500. The fourth-order valence-electron chi connectivity index (χ4n) is 1.41. The Hall–Kier alpha value is -1.78. The van der Waals surface area contributed by atoms with Crippen LogP contribution in [0.2, 0.25) is 0 Å². The van der Waals surface area contributed by atoms with Crippen LogP contribution in [0.15, 0.2) is 30.0 Å². The quantitative estimate of drug-likeness (QED) is 0.433. The fourth-order valence-corrected chi connectivity index (χ4v) is 1.41. The monoisotopic (exact) mass is 235 g/mol. The number of rotatable bonds is 6. The number of nitrogens with zero attached hydrogens (tertiary/aromatic N) is 3. The zero-order valence-corrected chi connectivity index (χ0v) is 10.6. The Kier molecular flexibility index (Phi) is 5.85. The van der Waals surface area contributed by atoms with Crippen LogP contribution in [0.3, 0.4) is 0 Å². The van der Waals surface area contributed by atoms with Gasteiger partial charge in [-0.2, -0.15) is 5.10 Å². The van der Waals surface area contributed by atoms with Crippen molar-refractivity contribution in [2.24, 2.45) is 12.0 Å². The van der Waals surface area contributed by atoms with Gasteiger partial charge >= 0.3 is 0 Å². The van der Waals surface area contributed by atoms with Crippen LogP contribution in [-0.4, -0.2) is 35.4 Å². The zero-order chi connectivity index (χ0) is 12.5. The molecule has 0 aliphatic heterocycles. The molecule has 0 radical (unpaired) electrons. The van der Waals surface area contributed by atoms with E-state index in [4.69, 9.17) is 0 Å². The summed E-state index contributed by atoms with van der Waals surface area (Å²) in [7, 11) is 1.92. The van der Waals surface area contributed by atoms with Gasteiger partial charge in [-0.3, -0.25) is 9.67 Å². The number of guanidine groups is 1. The van der Waals surface area contributed by atoms with E-state index in [2.05, 4.69) is 27.3 Å². The van der Waals surface area contributed by atoms with Gasteiger partial charge in [-0.15, -0.1) is 6.58 Å². The van der Waals surface area contributed by atoms with Crippen molar-refractivity contribution in [2.45, 2.75) is 13.3 Å². The molecule has 1 aromatic heterocycles. The lowest BCUT2D eigenvalue weighted by molar-refractivity contribution is 0.766. The highest BCUT2D eigenvalue weighted by Gasteiger charge is 1.97. The third-order valence-electron chi connectivity index (χ3n) is 2.19. The first-order chi connectivity index (χ1) is 8.26. The summed E-state index contributed by atoms with van der Waals surface area (Å²) in [5, 5.41) is 10.5. The topological polar surface area (TPSA) is 54.2 Å². The highest BCUT2D eigenvalue weighted by molar-refractivity contribution is 5.79. The molecule has 0 saturated heterocycles. The summed E-state index contributed by atoms with van der Waals surface area (Å²) in [4.78, 5) is 4.47. The lowest BCUT2D eigenvalue weighted by Crippen LogP contribution is -2.37. The van der Waals surface area contributed by atoms with Crippen molar-refractivity contribution in [3.05, 3.63) is 30.6 Å². The van der Waals surface area contributed by atoms with Gasteiger partial charge in [0.05, 0.1) is 6.20 Å². The van der Waals surface area contributed by atoms with Crippen molar-refractivity contribution in [1.29, 1.82) is 0 Å². The summed E-state index contributed by atoms with van der Waals surface area (Å²) >= 11 is 0. The lowest BCUT2D eigenvalue weighted by Gasteiger charge is -2.08. The first-order valence-corrected chi connectivity index (χ1v) is 5.87. The van der Waals surface area contributed by atoms with Crippen molar-refractivity contribution in [3.8, 4) is 0 Å². The molecule has 5 nitrogen and oxygen atoms in total. The molecule has 0 spiro atoms. The second kappa shape index (κ2) is 7.49. The molecule has 94 valence electrons. The van der Waals surface area contributed by atoms with Crippen molar-refractivity contribution in [2.75, 3.05) is 19.6 Å². The Bertz CT molecular complexity index is 367. The summed E-state index contributed by atoms with van der Waals surface area (Å²) in [5.41, 5.74) is 1.20. The molecule has 0 bridgehead atoms. The molecule has 0 amide bonds. The molecule has 5 heteroatoms. The highest BCUT2D eigenvalue weighted by atomic mass is 15.2. The Morgan fingerprint density at radius 1 is 1.59 bits per heavy atom. The first-order valence-electron chi connectivity index (χ1n) is 5.87. The van der Waals surface area contributed by atoms with Crippen molar-refractivity contribution in [3.63, 3.8) is 0 Å². The van der Waals surface area contributed by atoms with Gasteiger partial charge < -0.3 is 10.6 Å². The van der Waals surface area contributed by atoms with Crippen LogP contribution >= 0.6 is 0 Å². The minimum Gasteiger partial charge on any atom is -0.357 e. The largest absolute Gasteiger partial charge is 0.357 e. The molecule has 0 atom stereocenters. The van der Waals surface area contributed by atoms with E-state index in [1.54, 1.807) is 4.68 Å². The summed E-state index contributed by atoms with van der Waals surface area (Å²) < 4.78 is 1.81. The molecule has 0 unspecified atom stereocenters. The average Bonchev–Trinajstić information content (AvgIpc) is 2.72. The molecule has 0 saturated carbocycles. The second-order valence-corrected chi connectivity index (χ2v) is 3.70. The number of aliphatic imine (C=N–C) groups is 1. The van der Waals surface area contributed by atoms with E-state index >= 15 is 0 Å². The maximum absolute atomic E-state index is 4.47. The van der Waals surface area contributed by atoms with Crippen LogP contribution in [0.5, 0.6) is 0 Å². The molecule has 0 aliphatic carbocycles. The summed E-state index contributed by atoms with van der Waals surface area (Å²) in [6.07, 6.45) is 6.60. The Balaban J connectivity index is 2.39. The molecular weight excluding hydrogens is 214 g/mol. The van der Waals surface area contributed by atoms with Crippen molar-refractivity contribution >= 4 is 5.96 Å². The normalized spacial score (nSPS) is 11.3. The summed E-state index contributed by atoms with van der Waals surface area (Å²) in [6.45, 7) is 8.04. The van der Waals surface area contributed by atoms with E-state index in [0.717, 1.165) is 32.0 Å². The molecule has 1 rings (SSSR count). The van der Waals surface area contributed by atoms with Gasteiger partial charge in [0.25, 0.3) is 0 Å². The number of aryl methyl sites for hydroxylation is 1. The smallest absolute Gasteiger partial charge is 0.191 e. The van der Waals surface area contributed by atoms with E-state index in [-0.39, 0.29) is 0 Å². The van der Waals surface area contributed by atoms with Gasteiger partial charge in [0, 0.05) is 32.9 Å². The zero-order valence-electron chi connectivity index (χ0n) is 10.6. The standard InChI is InChI=1S/C12H21N5/c1-4-7-14-12(13-5-2)15-8-6-11-9-16-17(3)10-11/h4,9-10H,1,5-8H2,2-3H3,(H2,13,14,15). The SMILES string of the molecule is C=CCNC(=NCCc1cnn(C)c1)NCC. The van der Waals surface area contributed by atoms with E-state index in [0.29, 0.717) is 0 Å². The van der Waals surface area contributed by atoms with E-state index in [9.17, 15) is 0 Å². The molecule has 2 N–H and O–H groups in total. The van der Waals surface area contributed by atoms with Crippen LogP contribution in [0.4, 0.5) is 0 Å². The number of nitrogens with one attached hydrogen (secondary N) is 2. The number of hydrogen-bond acceptors (Lipinski definition) is 2. The van der Waals surface area contributed by atoms with Gasteiger partial charge in [0.15, 0.2) is 5.96 Å². The molecule has 1 aromatic rings. The molecule has 17 heavy (non-hydrogen) atoms. The summed E-state index contributed by atoms with van der Waals surface area (Å²) in [5.74, 6) is 0.830. The van der Waals surface area contributed by atoms with Gasteiger partial charge in [-0.25, -0.2) is 0 Å². The minimum absolute atomic E-state index is 0.721. The molecule has 0 aromatic carbocycles. The van der Waals surface area contributed by atoms with Crippen molar-refractivity contribution in [1.82, 2.24) is 20.4 Å². The Morgan fingerprint density at radius 3 is 3.00 bits per heavy atom. The van der Waals surface area contributed by atoms with Crippen LogP contribution in [0.1, 0.15) is 12.5 Å². The van der Waals surface area contributed by atoms with Gasteiger partial charge in [0.1, 0.15) is 0 Å². The number of hydrogen-bond donors (Lipinski definition) is 2. The predicted octanol–water partition coefficient (Wildman–Crippen LogP) is 0.704. The second-order valence-electron chi connectivity index (χ2n) is 3.70. The van der Waals surface area contributed by atoms with E-state index < -0.39 is 0 Å². The highest BCUT2D eigenvalue weighted by Crippen LogP contribution is 1.97. The maximum atomic E-state index is 4.47. The Labute approximate surface area is 103 Å². The van der Waals surface area contributed by atoms with E-state index in [1.165, 1.54) is 5.56 Å². The molecular formula is C12H21N5. The minimum atomic E-state index is 0.721. The Morgan fingerprint density at radius 2 is 2.41 bits per heavy atom. The van der Waals surface area contributed by atoms with Crippen molar-refractivity contribution < 1.29 is 0 Å².